The molecular weight excluding hydrogens is 284 g/mol. The second kappa shape index (κ2) is 6.34. The largest absolute Gasteiger partial charge is 0.481 e. The van der Waals surface area contributed by atoms with Gasteiger partial charge in [0.25, 0.3) is 5.91 Å². The Bertz CT molecular complexity index is 618. The Kier molecular flexibility index (Phi) is 4.68. The predicted molar refractivity (Wildman–Crippen MR) is 81.1 cm³/mol. The van der Waals surface area contributed by atoms with Gasteiger partial charge in [0.05, 0.1) is 5.92 Å². The number of Topliss-reactive ketones (excluding diaryl/α,β-unsaturated/α-hetero) is 1. The van der Waals surface area contributed by atoms with Gasteiger partial charge in [0.2, 0.25) is 0 Å². The third kappa shape index (κ3) is 3.05. The van der Waals surface area contributed by atoms with E-state index in [4.69, 9.17) is 5.11 Å². The highest BCUT2D eigenvalue weighted by atomic mass is 16.4. The summed E-state index contributed by atoms with van der Waals surface area (Å²) >= 11 is 0. The molecule has 1 fully saturated rings. The summed E-state index contributed by atoms with van der Waals surface area (Å²) in [6.07, 6.45) is 2.30. The van der Waals surface area contributed by atoms with E-state index in [-0.39, 0.29) is 23.7 Å². The number of aromatic nitrogens is 1. The maximum atomic E-state index is 12.4. The number of aliphatic carboxylic acids is 1. The smallest absolute Gasteiger partial charge is 0.306 e. The highest BCUT2D eigenvalue weighted by Gasteiger charge is 2.31. The number of aromatic amines is 1. The van der Waals surface area contributed by atoms with E-state index in [2.05, 4.69) is 10.3 Å². The molecule has 2 atom stereocenters. The first-order valence-electron chi connectivity index (χ1n) is 7.61. The van der Waals surface area contributed by atoms with Crippen LogP contribution in [0.4, 0.5) is 0 Å². The minimum atomic E-state index is -0.805. The van der Waals surface area contributed by atoms with Gasteiger partial charge in [-0.25, -0.2) is 0 Å². The van der Waals surface area contributed by atoms with Crippen LogP contribution in [-0.2, 0) is 11.2 Å². The second-order valence-corrected chi connectivity index (χ2v) is 5.91. The van der Waals surface area contributed by atoms with Crippen molar-refractivity contribution in [1.82, 2.24) is 10.3 Å². The fraction of sp³-hybridized carbons (Fsp3) is 0.562. The molecule has 0 spiro atoms. The molecule has 1 aromatic rings. The molecule has 0 saturated heterocycles. The lowest BCUT2D eigenvalue weighted by Crippen LogP contribution is -2.34. The normalized spacial score (nSPS) is 20.9. The van der Waals surface area contributed by atoms with Gasteiger partial charge in [0.15, 0.2) is 5.78 Å². The van der Waals surface area contributed by atoms with Crippen LogP contribution in [0.2, 0.25) is 0 Å². The summed E-state index contributed by atoms with van der Waals surface area (Å²) in [7, 11) is 0. The zero-order chi connectivity index (χ0) is 16.4. The van der Waals surface area contributed by atoms with Crippen LogP contribution in [-0.4, -0.2) is 33.8 Å². The second-order valence-electron chi connectivity index (χ2n) is 5.91. The molecule has 0 aliphatic heterocycles. The van der Waals surface area contributed by atoms with Crippen molar-refractivity contribution in [2.24, 2.45) is 5.92 Å². The maximum Gasteiger partial charge on any atom is 0.306 e. The average Bonchev–Trinajstić information content (AvgIpc) is 3.02. The molecule has 0 radical (unpaired) electrons. The first kappa shape index (κ1) is 16.3. The van der Waals surface area contributed by atoms with Crippen LogP contribution < -0.4 is 5.32 Å². The number of carbonyl (C=O) groups is 3. The molecule has 1 heterocycles. The number of carboxylic acids is 1. The fourth-order valence-corrected chi connectivity index (χ4v) is 3.30. The van der Waals surface area contributed by atoms with Crippen molar-refractivity contribution < 1.29 is 19.5 Å². The minimum absolute atomic E-state index is 0.0588. The van der Waals surface area contributed by atoms with E-state index in [0.29, 0.717) is 42.6 Å². The van der Waals surface area contributed by atoms with E-state index in [9.17, 15) is 14.4 Å². The van der Waals surface area contributed by atoms with E-state index in [1.807, 2.05) is 6.92 Å². The number of ketones is 1. The fourth-order valence-electron chi connectivity index (χ4n) is 3.30. The highest BCUT2D eigenvalue weighted by Crippen LogP contribution is 2.26. The van der Waals surface area contributed by atoms with Crippen molar-refractivity contribution in [2.45, 2.75) is 52.5 Å². The lowest BCUT2D eigenvalue weighted by atomic mass is 10.0. The van der Waals surface area contributed by atoms with Crippen LogP contribution in [0.5, 0.6) is 0 Å². The standard InChI is InChI=1S/C16H22N2O4/c1-4-12-13(9(3)19)8(2)17-14(12)15(20)18-11-6-5-10(7-11)16(21)22/h10-11,17H,4-7H2,1-3H3,(H,18,20)(H,21,22)/t10-,11+/m1/s1. The molecule has 1 saturated carbocycles. The number of carbonyl (C=O) groups excluding carboxylic acids is 2. The van der Waals surface area contributed by atoms with Gasteiger partial charge in [-0.05, 0) is 45.1 Å². The molecule has 22 heavy (non-hydrogen) atoms. The van der Waals surface area contributed by atoms with Crippen LogP contribution in [0.1, 0.15) is 65.2 Å². The van der Waals surface area contributed by atoms with Gasteiger partial charge in [-0.3, -0.25) is 14.4 Å². The van der Waals surface area contributed by atoms with Crippen molar-refractivity contribution in [3.63, 3.8) is 0 Å². The lowest BCUT2D eigenvalue weighted by molar-refractivity contribution is -0.141. The third-order valence-electron chi connectivity index (χ3n) is 4.34. The number of hydrogen-bond donors (Lipinski definition) is 3. The third-order valence-corrected chi connectivity index (χ3v) is 4.34. The summed E-state index contributed by atoms with van der Waals surface area (Å²) in [6, 6.07) is -0.123. The maximum absolute atomic E-state index is 12.4. The summed E-state index contributed by atoms with van der Waals surface area (Å²) in [5.74, 6) is -1.50. The molecule has 3 N–H and O–H groups in total. The number of H-pyrrole nitrogens is 1. The number of aryl methyl sites for hydroxylation is 1. The number of nitrogens with one attached hydrogen (secondary N) is 2. The van der Waals surface area contributed by atoms with Gasteiger partial charge in [0, 0.05) is 17.3 Å². The Morgan fingerprint density at radius 1 is 1.32 bits per heavy atom. The quantitative estimate of drug-likeness (QED) is 0.725. The van der Waals surface area contributed by atoms with Gasteiger partial charge in [-0.2, -0.15) is 0 Å². The topological polar surface area (TPSA) is 99.3 Å². The van der Waals surface area contributed by atoms with Crippen molar-refractivity contribution in [2.75, 3.05) is 0 Å². The van der Waals surface area contributed by atoms with E-state index >= 15 is 0 Å². The number of amides is 1. The molecule has 1 aromatic heterocycles. The van der Waals surface area contributed by atoms with E-state index < -0.39 is 5.97 Å². The van der Waals surface area contributed by atoms with Crippen molar-refractivity contribution >= 4 is 17.7 Å². The molecule has 120 valence electrons. The molecule has 6 nitrogen and oxygen atoms in total. The monoisotopic (exact) mass is 306 g/mol. The molecule has 6 heteroatoms. The number of hydrogen-bond acceptors (Lipinski definition) is 3. The van der Waals surface area contributed by atoms with Crippen LogP contribution in [0.15, 0.2) is 0 Å². The van der Waals surface area contributed by atoms with Crippen LogP contribution >= 0.6 is 0 Å². The number of carboxylic acid groups (broad SMARTS) is 1. The molecule has 1 amide bonds. The van der Waals surface area contributed by atoms with E-state index in [1.54, 1.807) is 6.92 Å². The van der Waals surface area contributed by atoms with Gasteiger partial charge in [-0.1, -0.05) is 6.92 Å². The van der Waals surface area contributed by atoms with Crippen LogP contribution in [0.3, 0.4) is 0 Å². The van der Waals surface area contributed by atoms with Gasteiger partial charge < -0.3 is 15.4 Å². The summed E-state index contributed by atoms with van der Waals surface area (Å²) in [5, 5.41) is 11.9. The zero-order valence-corrected chi connectivity index (χ0v) is 13.2. The summed E-state index contributed by atoms with van der Waals surface area (Å²) in [5.41, 5.74) is 2.44. The Hall–Kier alpha value is -2.11. The van der Waals surface area contributed by atoms with Crippen molar-refractivity contribution in [3.05, 3.63) is 22.5 Å². The highest BCUT2D eigenvalue weighted by molar-refractivity contribution is 6.02. The van der Waals surface area contributed by atoms with Crippen molar-refractivity contribution in [3.8, 4) is 0 Å². The summed E-state index contributed by atoms with van der Waals surface area (Å²) < 4.78 is 0. The summed E-state index contributed by atoms with van der Waals surface area (Å²) in [4.78, 5) is 38.1. The lowest BCUT2D eigenvalue weighted by Gasteiger charge is -2.12. The minimum Gasteiger partial charge on any atom is -0.481 e. The van der Waals surface area contributed by atoms with Gasteiger partial charge >= 0.3 is 5.97 Å². The molecular formula is C16H22N2O4. The van der Waals surface area contributed by atoms with Crippen molar-refractivity contribution in [1.29, 1.82) is 0 Å². The molecule has 1 aliphatic carbocycles. The van der Waals surface area contributed by atoms with E-state index in [1.165, 1.54) is 6.92 Å². The Morgan fingerprint density at radius 2 is 2.00 bits per heavy atom. The zero-order valence-electron chi connectivity index (χ0n) is 13.2. The van der Waals surface area contributed by atoms with Crippen LogP contribution in [0, 0.1) is 12.8 Å². The first-order chi connectivity index (χ1) is 10.3. The van der Waals surface area contributed by atoms with Crippen LogP contribution in [0.25, 0.3) is 0 Å². The molecule has 0 bridgehead atoms. The Morgan fingerprint density at radius 3 is 2.50 bits per heavy atom. The average molecular weight is 306 g/mol. The first-order valence-corrected chi connectivity index (χ1v) is 7.61. The SMILES string of the molecule is CCc1c(C(=O)N[C@H]2CC[C@@H](C(=O)O)C2)[nH]c(C)c1C(C)=O. The Balaban J connectivity index is 2.15. The van der Waals surface area contributed by atoms with Gasteiger partial charge in [0.1, 0.15) is 5.69 Å². The molecule has 0 aromatic carbocycles. The number of rotatable bonds is 5. The predicted octanol–water partition coefficient (Wildman–Crippen LogP) is 2.07. The molecule has 2 rings (SSSR count). The summed E-state index contributed by atoms with van der Waals surface area (Å²) in [6.45, 7) is 5.18. The molecule has 0 unspecified atom stereocenters. The molecule has 1 aliphatic rings. The van der Waals surface area contributed by atoms with Gasteiger partial charge in [-0.15, -0.1) is 0 Å². The Labute approximate surface area is 129 Å². The van der Waals surface area contributed by atoms with E-state index in [0.717, 1.165) is 5.56 Å².